The van der Waals surface area contributed by atoms with Gasteiger partial charge in [-0.15, -0.1) is 0 Å². The van der Waals surface area contributed by atoms with Crippen LogP contribution >= 0.6 is 11.3 Å². The van der Waals surface area contributed by atoms with E-state index in [4.69, 9.17) is 14.2 Å². The van der Waals surface area contributed by atoms with Gasteiger partial charge in [0.15, 0.2) is 16.6 Å². The number of nitrogens with zero attached hydrogens (tertiary/aromatic N) is 2. The summed E-state index contributed by atoms with van der Waals surface area (Å²) in [6.45, 7) is 7.26. The molecule has 1 aromatic heterocycles. The van der Waals surface area contributed by atoms with E-state index in [-0.39, 0.29) is 39.3 Å². The Balaban J connectivity index is 1.59. The lowest BCUT2D eigenvalue weighted by molar-refractivity contribution is -0.132. The predicted octanol–water partition coefficient (Wildman–Crippen LogP) is 6.02. The van der Waals surface area contributed by atoms with E-state index in [2.05, 4.69) is 11.6 Å². The summed E-state index contributed by atoms with van der Waals surface area (Å²) in [5, 5.41) is 21.9. The highest BCUT2D eigenvalue weighted by Gasteiger charge is 2.48. The second kappa shape index (κ2) is 13.1. The van der Waals surface area contributed by atoms with Gasteiger partial charge < -0.3 is 24.4 Å². The summed E-state index contributed by atoms with van der Waals surface area (Å²) in [4.78, 5) is 45.6. The van der Waals surface area contributed by atoms with Crippen LogP contribution in [0.25, 0.3) is 5.76 Å². The van der Waals surface area contributed by atoms with E-state index in [1.54, 1.807) is 25.1 Å². The number of aromatic hydroxyl groups is 1. The van der Waals surface area contributed by atoms with Crippen LogP contribution in [0.1, 0.15) is 43.7 Å². The van der Waals surface area contributed by atoms with Gasteiger partial charge in [-0.3, -0.25) is 14.5 Å². The van der Waals surface area contributed by atoms with Crippen LogP contribution in [-0.2, 0) is 20.9 Å². The molecule has 3 aromatic carbocycles. The summed E-state index contributed by atoms with van der Waals surface area (Å²) < 4.78 is 16.4. The number of phenolic OH excluding ortho intramolecular Hbond substituents is 1. The number of carbonyl (C=O) groups excluding carboxylic acids is 3. The van der Waals surface area contributed by atoms with Crippen molar-refractivity contribution in [3.05, 3.63) is 118 Å². The maximum atomic E-state index is 13.6. The third kappa shape index (κ3) is 6.16. The Morgan fingerprint density at radius 2 is 1.82 bits per heavy atom. The van der Waals surface area contributed by atoms with Gasteiger partial charge in [0.1, 0.15) is 29.6 Å². The number of Topliss-reactive ketones (excluding diaryl/α,β-unsaturated/α-hetero) is 1. The average molecular weight is 627 g/mol. The lowest BCUT2D eigenvalue weighted by Gasteiger charge is -2.23. The van der Waals surface area contributed by atoms with Gasteiger partial charge in [0.25, 0.3) is 5.78 Å². The third-order valence-corrected chi connectivity index (χ3v) is 8.30. The van der Waals surface area contributed by atoms with Crippen molar-refractivity contribution in [2.24, 2.45) is 0 Å². The minimum atomic E-state index is -1.17. The molecule has 1 aliphatic heterocycles. The van der Waals surface area contributed by atoms with Crippen LogP contribution in [0.2, 0.25) is 0 Å². The van der Waals surface area contributed by atoms with E-state index in [1.165, 1.54) is 31.4 Å². The molecule has 4 aromatic rings. The Morgan fingerprint density at radius 3 is 2.51 bits per heavy atom. The number of phenols is 1. The van der Waals surface area contributed by atoms with Crippen molar-refractivity contribution in [2.45, 2.75) is 26.5 Å². The molecule has 1 fully saturated rings. The first-order valence-corrected chi connectivity index (χ1v) is 14.7. The lowest BCUT2D eigenvalue weighted by Crippen LogP contribution is -2.29. The average Bonchev–Trinajstić information content (AvgIpc) is 3.55. The number of methoxy groups -OCH3 is 1. The zero-order chi connectivity index (χ0) is 32.2. The highest BCUT2D eigenvalue weighted by molar-refractivity contribution is 7.17. The summed E-state index contributed by atoms with van der Waals surface area (Å²) in [5.74, 6) is -2.44. The maximum Gasteiger partial charge on any atom is 0.350 e. The molecule has 1 amide bonds. The van der Waals surface area contributed by atoms with Gasteiger partial charge in [-0.05, 0) is 60.9 Å². The number of thiazole rings is 1. The number of anilines is 1. The highest BCUT2D eigenvalue weighted by atomic mass is 32.1. The van der Waals surface area contributed by atoms with Crippen LogP contribution in [0.5, 0.6) is 17.2 Å². The number of hydrogen-bond donors (Lipinski definition) is 2. The molecule has 10 nitrogen and oxygen atoms in total. The van der Waals surface area contributed by atoms with Gasteiger partial charge in [0.2, 0.25) is 0 Å². The maximum absolute atomic E-state index is 13.6. The quantitative estimate of drug-likeness (QED) is 0.0712. The summed E-state index contributed by atoms with van der Waals surface area (Å²) in [5.41, 5.74) is 2.43. The van der Waals surface area contributed by atoms with Crippen LogP contribution in [0.3, 0.4) is 0 Å². The van der Waals surface area contributed by atoms with Crippen LogP contribution in [-0.4, -0.2) is 46.6 Å². The van der Waals surface area contributed by atoms with Gasteiger partial charge in [-0.2, -0.15) is 0 Å². The van der Waals surface area contributed by atoms with Gasteiger partial charge in [0.05, 0.1) is 24.4 Å². The molecule has 0 bridgehead atoms. The molecule has 0 aliphatic carbocycles. The van der Waals surface area contributed by atoms with Crippen LogP contribution in [0, 0.1) is 13.8 Å². The highest BCUT2D eigenvalue weighted by Crippen LogP contribution is 2.45. The number of aromatic nitrogens is 1. The van der Waals surface area contributed by atoms with Crippen molar-refractivity contribution in [1.82, 2.24) is 4.98 Å². The number of hydrogen-bond acceptors (Lipinski definition) is 10. The standard InChI is InChI=1S/C34H30N2O8S/c1-5-15-43-33(41)31-20(3)35-34(45-31)36-28(22-11-13-24(37)26(17-22)42-4)27(30(39)32(36)40)29(38)23-12-14-25(19(2)16-23)44-18-21-9-7-6-8-10-21/h5-14,16-17,28,37-38H,1,15,18H2,2-4H3/b29-27-. The number of amides is 1. The molecule has 0 radical (unpaired) electrons. The first-order chi connectivity index (χ1) is 21.6. The van der Waals surface area contributed by atoms with Crippen LogP contribution in [0.4, 0.5) is 5.13 Å². The first kappa shape index (κ1) is 31.0. The number of esters is 1. The van der Waals surface area contributed by atoms with Crippen molar-refractivity contribution in [1.29, 1.82) is 0 Å². The second-order valence-electron chi connectivity index (χ2n) is 10.2. The lowest BCUT2D eigenvalue weighted by atomic mass is 9.94. The van der Waals surface area contributed by atoms with E-state index in [9.17, 15) is 24.6 Å². The zero-order valence-corrected chi connectivity index (χ0v) is 25.6. The van der Waals surface area contributed by atoms with Gasteiger partial charge >= 0.3 is 11.9 Å². The molecule has 1 atom stereocenters. The minimum absolute atomic E-state index is 0.0151. The fourth-order valence-electron chi connectivity index (χ4n) is 4.93. The fourth-order valence-corrected chi connectivity index (χ4v) is 5.92. The van der Waals surface area contributed by atoms with E-state index in [0.29, 0.717) is 29.2 Å². The fraction of sp³-hybridized carbons (Fsp3) is 0.176. The molecule has 1 unspecified atom stereocenters. The van der Waals surface area contributed by atoms with Crippen LogP contribution < -0.4 is 14.4 Å². The number of ether oxygens (including phenoxy) is 3. The normalized spacial score (nSPS) is 15.6. The van der Waals surface area contributed by atoms with E-state index in [0.717, 1.165) is 21.8 Å². The van der Waals surface area contributed by atoms with Crippen molar-refractivity contribution in [3.63, 3.8) is 0 Å². The Kier molecular flexibility index (Phi) is 9.01. The number of benzene rings is 3. The van der Waals surface area contributed by atoms with Gasteiger partial charge in [-0.1, -0.05) is 60.4 Å². The van der Waals surface area contributed by atoms with Crippen molar-refractivity contribution in [3.8, 4) is 17.2 Å². The van der Waals surface area contributed by atoms with Gasteiger partial charge in [-0.25, -0.2) is 9.78 Å². The molecule has 0 spiro atoms. The molecule has 1 aliphatic rings. The topological polar surface area (TPSA) is 135 Å². The number of aliphatic hydroxyl groups is 1. The van der Waals surface area contributed by atoms with Gasteiger partial charge in [0, 0.05) is 5.56 Å². The Hall–Kier alpha value is -5.42. The Morgan fingerprint density at radius 1 is 1.07 bits per heavy atom. The van der Waals surface area contributed by atoms with E-state index >= 15 is 0 Å². The zero-order valence-electron chi connectivity index (χ0n) is 24.8. The number of rotatable bonds is 10. The summed E-state index contributed by atoms with van der Waals surface area (Å²) >= 11 is 0.882. The molecule has 5 rings (SSSR count). The smallest absolute Gasteiger partial charge is 0.350 e. The summed E-state index contributed by atoms with van der Waals surface area (Å²) in [6, 6.07) is 17.8. The molecular formula is C34H30N2O8S. The van der Waals surface area contributed by atoms with Crippen molar-refractivity contribution in [2.75, 3.05) is 18.6 Å². The molecule has 0 saturated carbocycles. The molecule has 2 heterocycles. The molecule has 11 heteroatoms. The second-order valence-corrected chi connectivity index (χ2v) is 11.1. The molecule has 1 saturated heterocycles. The minimum Gasteiger partial charge on any atom is -0.507 e. The van der Waals surface area contributed by atoms with Crippen molar-refractivity contribution >= 4 is 39.9 Å². The largest absolute Gasteiger partial charge is 0.507 e. The number of aryl methyl sites for hydroxylation is 2. The predicted molar refractivity (Wildman–Crippen MR) is 169 cm³/mol. The van der Waals surface area contributed by atoms with Crippen LogP contribution in [0.15, 0.2) is 85.0 Å². The molecule has 45 heavy (non-hydrogen) atoms. The number of aliphatic hydroxyl groups excluding tert-OH is 1. The summed E-state index contributed by atoms with van der Waals surface area (Å²) in [7, 11) is 1.37. The SMILES string of the molecule is C=CCOC(=O)c1sc(N2C(=O)C(=O)/C(=C(\O)c3ccc(OCc4ccccc4)c(C)c3)C2c2ccc(O)c(OC)c2)nc1C. The summed E-state index contributed by atoms with van der Waals surface area (Å²) in [6.07, 6.45) is 1.43. The monoisotopic (exact) mass is 626 g/mol. The Bertz CT molecular complexity index is 1830. The molecular weight excluding hydrogens is 596 g/mol. The Labute approximate surface area is 263 Å². The first-order valence-electron chi connectivity index (χ1n) is 13.9. The van der Waals surface area contributed by atoms with Crippen molar-refractivity contribution < 1.29 is 38.8 Å². The van der Waals surface area contributed by atoms with E-state index in [1.807, 2.05) is 37.3 Å². The van der Waals surface area contributed by atoms with E-state index < -0.39 is 29.5 Å². The number of carbonyl (C=O) groups is 3. The molecule has 2 N–H and O–H groups in total. The third-order valence-electron chi connectivity index (χ3n) is 7.16. The number of ketones is 1. The molecule has 230 valence electrons.